The van der Waals surface area contributed by atoms with Crippen molar-refractivity contribution >= 4 is 44.3 Å². The summed E-state index contributed by atoms with van der Waals surface area (Å²) in [5.41, 5.74) is 2.38. The van der Waals surface area contributed by atoms with Gasteiger partial charge in [0.1, 0.15) is 11.6 Å². The van der Waals surface area contributed by atoms with Crippen molar-refractivity contribution in [2.75, 3.05) is 6.54 Å². The van der Waals surface area contributed by atoms with Gasteiger partial charge in [0, 0.05) is 39.2 Å². The summed E-state index contributed by atoms with van der Waals surface area (Å²) >= 11 is 3.34. The van der Waals surface area contributed by atoms with Crippen LogP contribution in [0.1, 0.15) is 22.7 Å². The van der Waals surface area contributed by atoms with Crippen molar-refractivity contribution < 1.29 is 19.1 Å². The van der Waals surface area contributed by atoms with Crippen LogP contribution in [0.2, 0.25) is 0 Å². The Kier molecular flexibility index (Phi) is 5.79. The summed E-state index contributed by atoms with van der Waals surface area (Å²) in [6.07, 6.45) is 2.33. The van der Waals surface area contributed by atoms with Crippen LogP contribution in [0.4, 0.5) is 4.39 Å². The molecule has 1 unspecified atom stereocenters. The third-order valence-corrected chi connectivity index (χ3v) is 6.68. The highest BCUT2D eigenvalue weighted by atomic mass is 79.9. The van der Waals surface area contributed by atoms with Gasteiger partial charge in [-0.3, -0.25) is 9.59 Å². The Morgan fingerprint density at radius 3 is 2.47 bits per heavy atom. The highest BCUT2D eigenvalue weighted by Gasteiger charge is 2.46. The first-order chi connectivity index (χ1) is 16.5. The average Bonchev–Trinajstić information content (AvgIpc) is 3.37. The number of carbonyl (C=O) groups is 2. The summed E-state index contributed by atoms with van der Waals surface area (Å²) in [7, 11) is 0. The first-order valence-electron chi connectivity index (χ1n) is 10.8. The highest BCUT2D eigenvalue weighted by Crippen LogP contribution is 2.40. The lowest BCUT2D eigenvalue weighted by Crippen LogP contribution is -2.32. The summed E-state index contributed by atoms with van der Waals surface area (Å²) in [6.45, 7) is 0.183. The van der Waals surface area contributed by atoms with E-state index in [2.05, 4.69) is 20.9 Å². The minimum Gasteiger partial charge on any atom is -0.507 e. The van der Waals surface area contributed by atoms with Gasteiger partial charge in [0.15, 0.2) is 0 Å². The Bertz CT molecular complexity index is 1440. The lowest BCUT2D eigenvalue weighted by molar-refractivity contribution is -0.139. The van der Waals surface area contributed by atoms with Crippen molar-refractivity contribution in [3.63, 3.8) is 0 Å². The fraction of sp³-hybridized carbons (Fsp3) is 0.111. The predicted octanol–water partition coefficient (Wildman–Crippen LogP) is 5.73. The van der Waals surface area contributed by atoms with E-state index >= 15 is 0 Å². The Morgan fingerprint density at radius 2 is 1.71 bits per heavy atom. The lowest BCUT2D eigenvalue weighted by Gasteiger charge is -2.25. The summed E-state index contributed by atoms with van der Waals surface area (Å²) < 4.78 is 15.7. The Morgan fingerprint density at radius 1 is 1.00 bits per heavy atom. The number of ketones is 1. The molecule has 1 atom stereocenters. The van der Waals surface area contributed by atoms with Gasteiger partial charge in [-0.2, -0.15) is 0 Å². The minimum absolute atomic E-state index is 0.114. The number of benzene rings is 3. The van der Waals surface area contributed by atoms with E-state index in [1.807, 2.05) is 30.5 Å². The molecular formula is C27H20BrFN2O3. The van der Waals surface area contributed by atoms with Crippen LogP contribution in [0.3, 0.4) is 0 Å². The van der Waals surface area contributed by atoms with E-state index in [1.165, 1.54) is 11.0 Å². The molecule has 1 saturated heterocycles. The number of aromatic nitrogens is 1. The molecule has 7 heteroatoms. The van der Waals surface area contributed by atoms with Gasteiger partial charge >= 0.3 is 0 Å². The van der Waals surface area contributed by atoms with Crippen LogP contribution in [-0.2, 0) is 16.0 Å². The number of amides is 1. The number of halogens is 2. The van der Waals surface area contributed by atoms with Gasteiger partial charge in [0.05, 0.1) is 11.6 Å². The number of para-hydroxylation sites is 1. The molecule has 0 bridgehead atoms. The van der Waals surface area contributed by atoms with Crippen LogP contribution in [0.15, 0.2) is 89.0 Å². The second-order valence-corrected chi connectivity index (χ2v) is 9.05. The molecule has 0 aliphatic carbocycles. The molecule has 0 saturated carbocycles. The van der Waals surface area contributed by atoms with Crippen LogP contribution in [0.5, 0.6) is 0 Å². The Hall–Kier alpha value is -3.71. The van der Waals surface area contributed by atoms with E-state index in [0.29, 0.717) is 12.0 Å². The Labute approximate surface area is 203 Å². The van der Waals surface area contributed by atoms with Crippen LogP contribution in [0.25, 0.3) is 16.7 Å². The SMILES string of the molecule is O=C1C(=O)N(CCc2c[nH]c3ccccc23)C(c2ccccc2F)C1=C(O)c1ccc(Br)cc1. The van der Waals surface area contributed by atoms with Crippen LogP contribution in [-0.4, -0.2) is 33.2 Å². The number of fused-ring (bicyclic) bond motifs is 1. The van der Waals surface area contributed by atoms with E-state index in [0.717, 1.165) is 20.9 Å². The molecule has 1 fully saturated rings. The van der Waals surface area contributed by atoms with Crippen molar-refractivity contribution in [3.05, 3.63) is 112 Å². The molecule has 1 aliphatic rings. The van der Waals surface area contributed by atoms with E-state index in [1.54, 1.807) is 42.5 Å². The number of nitrogens with zero attached hydrogens (tertiary/aromatic N) is 1. The third-order valence-electron chi connectivity index (χ3n) is 6.15. The molecule has 5 rings (SSSR count). The zero-order chi connectivity index (χ0) is 23.8. The Balaban J connectivity index is 1.58. The van der Waals surface area contributed by atoms with Crippen molar-refractivity contribution in [1.29, 1.82) is 0 Å². The summed E-state index contributed by atoms with van der Waals surface area (Å²) in [6, 6.07) is 19.5. The molecule has 2 heterocycles. The molecule has 34 heavy (non-hydrogen) atoms. The number of hydrogen-bond acceptors (Lipinski definition) is 3. The normalized spacial score (nSPS) is 17.6. The lowest BCUT2D eigenvalue weighted by atomic mass is 9.95. The van der Waals surface area contributed by atoms with Gasteiger partial charge in [0.2, 0.25) is 0 Å². The predicted molar refractivity (Wildman–Crippen MR) is 132 cm³/mol. The van der Waals surface area contributed by atoms with E-state index in [9.17, 15) is 19.1 Å². The quantitative estimate of drug-likeness (QED) is 0.201. The molecule has 2 N–H and O–H groups in total. The number of hydrogen-bond donors (Lipinski definition) is 2. The van der Waals surface area contributed by atoms with Gasteiger partial charge in [-0.05, 0) is 36.2 Å². The van der Waals surface area contributed by atoms with Crippen LogP contribution < -0.4 is 0 Å². The summed E-state index contributed by atoms with van der Waals surface area (Å²) in [5, 5.41) is 12.1. The van der Waals surface area contributed by atoms with Crippen molar-refractivity contribution in [1.82, 2.24) is 9.88 Å². The molecule has 0 radical (unpaired) electrons. The standard InChI is InChI=1S/C27H20BrFN2O3/c28-18-11-9-16(10-12-18)25(32)23-24(20-6-1-3-7-21(20)29)31(27(34)26(23)33)14-13-17-15-30-22-8-4-2-5-19(17)22/h1-12,15,24,30,32H,13-14H2. The smallest absolute Gasteiger partial charge is 0.295 e. The van der Waals surface area contributed by atoms with Gasteiger partial charge in [0.25, 0.3) is 11.7 Å². The number of Topliss-reactive ketones (excluding diaryl/α,β-unsaturated/α-hetero) is 1. The largest absolute Gasteiger partial charge is 0.507 e. The highest BCUT2D eigenvalue weighted by molar-refractivity contribution is 9.10. The van der Waals surface area contributed by atoms with Gasteiger partial charge < -0.3 is 15.0 Å². The number of likely N-dealkylation sites (tertiary alicyclic amines) is 1. The number of rotatable bonds is 5. The second-order valence-electron chi connectivity index (χ2n) is 8.13. The topological polar surface area (TPSA) is 73.4 Å². The first kappa shape index (κ1) is 22.1. The monoisotopic (exact) mass is 518 g/mol. The molecule has 3 aromatic carbocycles. The number of nitrogens with one attached hydrogen (secondary N) is 1. The third kappa shape index (κ3) is 3.82. The van der Waals surface area contributed by atoms with Crippen molar-refractivity contribution in [2.45, 2.75) is 12.5 Å². The molecule has 0 spiro atoms. The van der Waals surface area contributed by atoms with E-state index < -0.39 is 23.5 Å². The number of aromatic amines is 1. The van der Waals surface area contributed by atoms with Gasteiger partial charge in [-0.15, -0.1) is 0 Å². The maximum absolute atomic E-state index is 14.9. The fourth-order valence-corrected chi connectivity index (χ4v) is 4.74. The number of aliphatic hydroxyl groups is 1. The van der Waals surface area contributed by atoms with E-state index in [4.69, 9.17) is 0 Å². The maximum atomic E-state index is 14.9. The van der Waals surface area contributed by atoms with Crippen LogP contribution >= 0.6 is 15.9 Å². The minimum atomic E-state index is -1.03. The summed E-state index contributed by atoms with van der Waals surface area (Å²) in [4.78, 5) is 30.8. The number of aliphatic hydroxyl groups excluding tert-OH is 1. The molecule has 1 aromatic heterocycles. The number of carbonyl (C=O) groups excluding carboxylic acids is 2. The van der Waals surface area contributed by atoms with Crippen LogP contribution in [0, 0.1) is 5.82 Å². The first-order valence-corrected chi connectivity index (χ1v) is 11.6. The molecule has 4 aromatic rings. The van der Waals surface area contributed by atoms with Gasteiger partial charge in [-0.1, -0.05) is 64.5 Å². The second kappa shape index (κ2) is 8.91. The summed E-state index contributed by atoms with van der Waals surface area (Å²) in [5.74, 6) is -2.46. The van der Waals surface area contributed by atoms with Crippen molar-refractivity contribution in [2.24, 2.45) is 0 Å². The molecule has 170 valence electrons. The number of H-pyrrole nitrogens is 1. The maximum Gasteiger partial charge on any atom is 0.295 e. The zero-order valence-corrected chi connectivity index (χ0v) is 19.5. The molecule has 1 amide bonds. The zero-order valence-electron chi connectivity index (χ0n) is 18.0. The van der Waals surface area contributed by atoms with Crippen molar-refractivity contribution in [3.8, 4) is 0 Å². The molecule has 5 nitrogen and oxygen atoms in total. The van der Waals surface area contributed by atoms with Gasteiger partial charge in [-0.25, -0.2) is 4.39 Å². The van der Waals surface area contributed by atoms with E-state index in [-0.39, 0.29) is 23.4 Å². The average molecular weight is 519 g/mol. The fourth-order valence-electron chi connectivity index (χ4n) is 4.47. The molecular weight excluding hydrogens is 499 g/mol. The molecule has 1 aliphatic heterocycles.